The number of allylic oxidation sites excluding steroid dienone is 6. The molecule has 1 aromatic carbocycles. The van der Waals surface area contributed by atoms with Gasteiger partial charge in [-0.15, -0.1) is 23.2 Å². The molecule has 0 amide bonds. The first-order valence-corrected chi connectivity index (χ1v) is 8.88. The van der Waals surface area contributed by atoms with E-state index in [0.29, 0.717) is 11.8 Å². The van der Waals surface area contributed by atoms with Crippen LogP contribution in [0.25, 0.3) is 0 Å². The molecule has 4 aliphatic carbocycles. The molecule has 22 heavy (non-hydrogen) atoms. The van der Waals surface area contributed by atoms with Crippen molar-refractivity contribution >= 4 is 23.2 Å². The summed E-state index contributed by atoms with van der Waals surface area (Å²) < 4.78 is -0.396. The van der Waals surface area contributed by atoms with Crippen molar-refractivity contribution in [1.29, 1.82) is 0 Å². The van der Waals surface area contributed by atoms with Crippen molar-refractivity contribution in [1.82, 2.24) is 0 Å². The van der Waals surface area contributed by atoms with Crippen LogP contribution in [0, 0.1) is 11.8 Å². The minimum atomic E-state index is -0.396. The fraction of sp³-hybridized carbons (Fsp3) is 0.400. The average molecular weight is 333 g/mol. The fourth-order valence-corrected chi connectivity index (χ4v) is 3.76. The van der Waals surface area contributed by atoms with Gasteiger partial charge in [-0.05, 0) is 43.2 Å². The van der Waals surface area contributed by atoms with Crippen molar-refractivity contribution in [2.24, 2.45) is 11.8 Å². The van der Waals surface area contributed by atoms with Crippen molar-refractivity contribution in [2.75, 3.05) is 0 Å². The molecule has 2 heteroatoms. The van der Waals surface area contributed by atoms with E-state index in [2.05, 4.69) is 60.7 Å². The predicted molar refractivity (Wildman–Crippen MR) is 96.6 cm³/mol. The normalized spacial score (nSPS) is 27.4. The van der Waals surface area contributed by atoms with Crippen LogP contribution in [-0.4, -0.2) is 4.33 Å². The number of hydrogen-bond donors (Lipinski definition) is 0. The second-order valence-electron chi connectivity index (χ2n) is 6.19. The second kappa shape index (κ2) is 7.06. The van der Waals surface area contributed by atoms with Crippen LogP contribution >= 0.6 is 23.2 Å². The summed E-state index contributed by atoms with van der Waals surface area (Å²) in [7, 11) is 0. The molecule has 0 spiro atoms. The smallest absolute Gasteiger partial charge is 0.101 e. The van der Waals surface area contributed by atoms with E-state index in [1.54, 1.807) is 0 Å². The molecule has 0 N–H and O–H groups in total. The lowest BCUT2D eigenvalue weighted by Crippen LogP contribution is -1.87. The van der Waals surface area contributed by atoms with Crippen LogP contribution in [0.1, 0.15) is 36.8 Å². The van der Waals surface area contributed by atoms with E-state index in [9.17, 15) is 0 Å². The minimum Gasteiger partial charge on any atom is -0.101 e. The first-order chi connectivity index (χ1) is 10.7. The average Bonchev–Trinajstić information content (AvgIpc) is 3.47. The molecule has 0 aliphatic heterocycles. The Hall–Kier alpha value is -0.980. The maximum absolute atomic E-state index is 5.93. The van der Waals surface area contributed by atoms with Gasteiger partial charge < -0.3 is 0 Å². The first kappa shape index (κ1) is 15.9. The molecule has 4 aliphatic rings. The van der Waals surface area contributed by atoms with Gasteiger partial charge in [0, 0.05) is 11.8 Å². The minimum absolute atomic E-state index is 0.396. The fourth-order valence-electron chi connectivity index (χ4n) is 2.95. The molecule has 1 fully saturated rings. The van der Waals surface area contributed by atoms with Crippen LogP contribution in [0.4, 0.5) is 0 Å². The van der Waals surface area contributed by atoms with Gasteiger partial charge in [-0.1, -0.05) is 60.7 Å². The Morgan fingerprint density at radius 3 is 1.86 bits per heavy atom. The Labute approximate surface area is 143 Å². The summed E-state index contributed by atoms with van der Waals surface area (Å²) in [6.45, 7) is 0. The summed E-state index contributed by atoms with van der Waals surface area (Å²) in [6.07, 6.45) is 18.9. The highest BCUT2D eigenvalue weighted by Gasteiger charge is 2.61. The third kappa shape index (κ3) is 4.06. The highest BCUT2D eigenvalue weighted by Crippen LogP contribution is 2.63. The lowest BCUT2D eigenvalue weighted by atomic mass is 10.1. The van der Waals surface area contributed by atoms with E-state index in [0.717, 1.165) is 6.42 Å². The van der Waals surface area contributed by atoms with Gasteiger partial charge in [-0.2, -0.15) is 0 Å². The molecular formula is C20H22Cl2. The van der Waals surface area contributed by atoms with Crippen LogP contribution in [0.2, 0.25) is 0 Å². The first-order valence-electron chi connectivity index (χ1n) is 8.12. The highest BCUT2D eigenvalue weighted by atomic mass is 35.5. The van der Waals surface area contributed by atoms with E-state index >= 15 is 0 Å². The monoisotopic (exact) mass is 332 g/mol. The van der Waals surface area contributed by atoms with Crippen molar-refractivity contribution < 1.29 is 0 Å². The Kier molecular flexibility index (Phi) is 5.10. The zero-order valence-corrected chi connectivity index (χ0v) is 14.2. The molecule has 0 nitrogen and oxygen atoms in total. The SMILES string of the molecule is C1=CCCC=C1.ClC1(Cl)C2C=CCCC21.c1ccc2c(c1)C2. The topological polar surface area (TPSA) is 0 Å². The number of fused-ring (bicyclic) bond motifs is 2. The Morgan fingerprint density at radius 2 is 1.50 bits per heavy atom. The number of halogens is 2. The van der Waals surface area contributed by atoms with E-state index in [4.69, 9.17) is 23.2 Å². The lowest BCUT2D eigenvalue weighted by Gasteiger charge is -1.96. The van der Waals surface area contributed by atoms with Gasteiger partial charge in [0.15, 0.2) is 0 Å². The highest BCUT2D eigenvalue weighted by molar-refractivity contribution is 6.51. The molecule has 0 radical (unpaired) electrons. The van der Waals surface area contributed by atoms with Gasteiger partial charge in [-0.3, -0.25) is 0 Å². The standard InChI is InChI=1S/C7H8Cl2.C7H6.C6H8/c8-7(9)5-3-1-2-4-6(5)7;1-2-4-7-5-6(7)3-1;1-2-4-6-5-3-1/h1,3,5-6H,2,4H2;1-4H,5H2;1-4H,5-6H2. The van der Waals surface area contributed by atoms with Crippen molar-refractivity contribution in [3.8, 4) is 0 Å². The molecule has 5 rings (SSSR count). The molecular weight excluding hydrogens is 311 g/mol. The van der Waals surface area contributed by atoms with Crippen molar-refractivity contribution in [3.63, 3.8) is 0 Å². The van der Waals surface area contributed by atoms with E-state index in [1.807, 2.05) is 0 Å². The summed E-state index contributed by atoms with van der Waals surface area (Å²) in [5.74, 6) is 1.03. The number of benzene rings is 1. The summed E-state index contributed by atoms with van der Waals surface area (Å²) >= 11 is 11.9. The molecule has 1 aromatic rings. The second-order valence-corrected chi connectivity index (χ2v) is 7.64. The zero-order valence-electron chi connectivity index (χ0n) is 12.7. The maximum atomic E-state index is 5.93. The van der Waals surface area contributed by atoms with Crippen molar-refractivity contribution in [2.45, 2.75) is 36.4 Å². The van der Waals surface area contributed by atoms with E-state index in [-0.39, 0.29) is 0 Å². The molecule has 2 atom stereocenters. The number of rotatable bonds is 0. The quantitative estimate of drug-likeness (QED) is 0.395. The molecule has 1 saturated carbocycles. The zero-order chi connectivity index (χ0) is 15.4. The molecule has 2 unspecified atom stereocenters. The van der Waals surface area contributed by atoms with Crippen LogP contribution < -0.4 is 0 Å². The van der Waals surface area contributed by atoms with Gasteiger partial charge >= 0.3 is 0 Å². The summed E-state index contributed by atoms with van der Waals surface area (Å²) in [5, 5.41) is 0. The molecule has 116 valence electrons. The summed E-state index contributed by atoms with van der Waals surface area (Å²) in [4.78, 5) is 0. The molecule has 0 heterocycles. The lowest BCUT2D eigenvalue weighted by molar-refractivity contribution is 0.680. The maximum Gasteiger partial charge on any atom is 0.128 e. The number of hydrogen-bond acceptors (Lipinski definition) is 0. The number of alkyl halides is 2. The van der Waals surface area contributed by atoms with Gasteiger partial charge in [0.05, 0.1) is 0 Å². The Bertz CT molecular complexity index is 562. The molecule has 0 bridgehead atoms. The third-order valence-electron chi connectivity index (χ3n) is 4.51. The van der Waals surface area contributed by atoms with Crippen LogP contribution in [0.3, 0.4) is 0 Å². The Balaban J connectivity index is 0.000000101. The van der Waals surface area contributed by atoms with Gasteiger partial charge in [0.25, 0.3) is 0 Å². The van der Waals surface area contributed by atoms with Gasteiger partial charge in [0.2, 0.25) is 0 Å². The van der Waals surface area contributed by atoms with Gasteiger partial charge in [0.1, 0.15) is 4.33 Å². The third-order valence-corrected chi connectivity index (χ3v) is 5.57. The van der Waals surface area contributed by atoms with Crippen LogP contribution in [0.5, 0.6) is 0 Å². The van der Waals surface area contributed by atoms with E-state index in [1.165, 1.54) is 36.8 Å². The summed E-state index contributed by atoms with van der Waals surface area (Å²) in [5.41, 5.74) is 3.06. The molecule has 0 saturated heterocycles. The largest absolute Gasteiger partial charge is 0.128 e. The Morgan fingerprint density at radius 1 is 0.864 bits per heavy atom. The van der Waals surface area contributed by atoms with Crippen LogP contribution in [-0.2, 0) is 6.42 Å². The molecule has 0 aromatic heterocycles. The van der Waals surface area contributed by atoms with Crippen molar-refractivity contribution in [3.05, 3.63) is 71.8 Å². The van der Waals surface area contributed by atoms with E-state index < -0.39 is 4.33 Å². The predicted octanol–water partition coefficient (Wildman–Crippen LogP) is 6.24. The van der Waals surface area contributed by atoms with Gasteiger partial charge in [-0.25, -0.2) is 0 Å². The summed E-state index contributed by atoms with van der Waals surface area (Å²) in [6, 6.07) is 8.53. The van der Waals surface area contributed by atoms with Crippen LogP contribution in [0.15, 0.2) is 60.7 Å².